The van der Waals surface area contributed by atoms with E-state index < -0.39 is 0 Å². The molecule has 0 radical (unpaired) electrons. The summed E-state index contributed by atoms with van der Waals surface area (Å²) in [4.78, 5) is 15.6. The van der Waals surface area contributed by atoms with Crippen molar-refractivity contribution >= 4 is 5.91 Å². The van der Waals surface area contributed by atoms with E-state index in [9.17, 15) is 4.79 Å². The minimum atomic E-state index is 0.0115. The minimum Gasteiger partial charge on any atom is -0.378 e. The van der Waals surface area contributed by atoms with Crippen molar-refractivity contribution in [3.05, 3.63) is 30.3 Å². The Kier molecular flexibility index (Phi) is 6.08. The van der Waals surface area contributed by atoms with Crippen molar-refractivity contribution < 1.29 is 9.53 Å². The Morgan fingerprint density at radius 3 is 2.72 bits per heavy atom. The smallest absolute Gasteiger partial charge is 0.246 e. The molecule has 3 rings (SSSR count). The molecule has 0 unspecified atom stereocenters. The fraction of sp³-hybridized carbons (Fsp3) is 0.529. The van der Waals surface area contributed by atoms with Crippen LogP contribution in [0.2, 0.25) is 0 Å². The molecule has 1 saturated heterocycles. The number of likely N-dealkylation sites (tertiary alicyclic amines) is 1. The van der Waals surface area contributed by atoms with Gasteiger partial charge in [0, 0.05) is 25.3 Å². The van der Waals surface area contributed by atoms with E-state index in [1.54, 1.807) is 0 Å². The molecule has 1 aromatic heterocycles. The largest absolute Gasteiger partial charge is 0.378 e. The van der Waals surface area contributed by atoms with Gasteiger partial charge in [0.05, 0.1) is 6.10 Å². The second-order valence-electron chi connectivity index (χ2n) is 6.10. The number of amides is 1. The summed E-state index contributed by atoms with van der Waals surface area (Å²) >= 11 is 0. The molecule has 1 aromatic carbocycles. The molecule has 2 heterocycles. The van der Waals surface area contributed by atoms with Crippen molar-refractivity contribution in [3.8, 4) is 11.4 Å². The van der Waals surface area contributed by atoms with E-state index in [4.69, 9.17) is 10.5 Å². The highest BCUT2D eigenvalue weighted by molar-refractivity contribution is 5.75. The summed E-state index contributed by atoms with van der Waals surface area (Å²) in [6, 6.07) is 9.60. The second-order valence-corrected chi connectivity index (χ2v) is 6.10. The van der Waals surface area contributed by atoms with Gasteiger partial charge in [0.1, 0.15) is 6.54 Å². The highest BCUT2D eigenvalue weighted by Gasteiger charge is 2.23. The lowest BCUT2D eigenvalue weighted by Crippen LogP contribution is -2.42. The van der Waals surface area contributed by atoms with Crippen molar-refractivity contribution in [1.82, 2.24) is 25.1 Å². The average molecular weight is 344 g/mol. The van der Waals surface area contributed by atoms with Crippen LogP contribution in [0.4, 0.5) is 0 Å². The Balaban J connectivity index is 1.48. The standard InChI is InChI=1S/C17H24N6O2/c18-9-4-12-25-15-7-10-22(11-8-15)16(24)13-23-20-17(19-21-23)14-5-2-1-3-6-14/h1-3,5-6,15H,4,7-13,18H2. The quantitative estimate of drug-likeness (QED) is 0.742. The molecule has 0 aliphatic carbocycles. The Hall–Kier alpha value is -2.32. The number of rotatable bonds is 7. The van der Waals surface area contributed by atoms with Gasteiger partial charge >= 0.3 is 0 Å². The minimum absolute atomic E-state index is 0.0115. The molecular weight excluding hydrogens is 320 g/mol. The molecule has 1 aliphatic heterocycles. The van der Waals surface area contributed by atoms with Crippen LogP contribution in [-0.2, 0) is 16.1 Å². The van der Waals surface area contributed by atoms with Gasteiger partial charge in [-0.3, -0.25) is 4.79 Å². The van der Waals surface area contributed by atoms with Gasteiger partial charge in [-0.15, -0.1) is 10.2 Å². The number of nitrogens with zero attached hydrogens (tertiary/aromatic N) is 5. The number of carbonyl (C=O) groups is 1. The lowest BCUT2D eigenvalue weighted by atomic mass is 10.1. The summed E-state index contributed by atoms with van der Waals surface area (Å²) in [5.41, 5.74) is 6.35. The highest BCUT2D eigenvalue weighted by Crippen LogP contribution is 2.15. The zero-order valence-electron chi connectivity index (χ0n) is 14.3. The van der Waals surface area contributed by atoms with Crippen molar-refractivity contribution in [3.63, 3.8) is 0 Å². The molecule has 0 spiro atoms. The zero-order valence-corrected chi connectivity index (χ0v) is 14.3. The Bertz CT molecular complexity index is 667. The van der Waals surface area contributed by atoms with Gasteiger partial charge in [-0.2, -0.15) is 4.80 Å². The number of tetrazole rings is 1. The van der Waals surface area contributed by atoms with Crippen molar-refractivity contribution in [2.45, 2.75) is 31.9 Å². The molecule has 8 nitrogen and oxygen atoms in total. The average Bonchev–Trinajstić information content (AvgIpc) is 3.12. The summed E-state index contributed by atoms with van der Waals surface area (Å²) < 4.78 is 5.76. The molecule has 1 fully saturated rings. The first-order valence-corrected chi connectivity index (χ1v) is 8.69. The second kappa shape index (κ2) is 8.68. The maximum atomic E-state index is 12.4. The predicted octanol–water partition coefficient (Wildman–Crippen LogP) is 0.697. The third-order valence-corrected chi connectivity index (χ3v) is 4.26. The Morgan fingerprint density at radius 1 is 1.24 bits per heavy atom. The number of aromatic nitrogens is 4. The van der Waals surface area contributed by atoms with Gasteiger partial charge in [-0.25, -0.2) is 0 Å². The van der Waals surface area contributed by atoms with Gasteiger partial charge in [0.2, 0.25) is 11.7 Å². The summed E-state index contributed by atoms with van der Waals surface area (Å²) in [5.74, 6) is 0.540. The molecular formula is C17H24N6O2. The number of hydrogen-bond acceptors (Lipinski definition) is 6. The van der Waals surface area contributed by atoms with Crippen LogP contribution < -0.4 is 5.73 Å². The predicted molar refractivity (Wildman–Crippen MR) is 92.5 cm³/mol. The fourth-order valence-electron chi connectivity index (χ4n) is 2.84. The summed E-state index contributed by atoms with van der Waals surface area (Å²) in [6.45, 7) is 2.85. The van der Waals surface area contributed by atoms with E-state index in [-0.39, 0.29) is 18.6 Å². The van der Waals surface area contributed by atoms with Gasteiger partial charge < -0.3 is 15.4 Å². The molecule has 1 amide bonds. The van der Waals surface area contributed by atoms with E-state index in [1.807, 2.05) is 35.2 Å². The first kappa shape index (κ1) is 17.5. The van der Waals surface area contributed by atoms with Crippen molar-refractivity contribution in [2.24, 2.45) is 5.73 Å². The third-order valence-electron chi connectivity index (χ3n) is 4.26. The monoisotopic (exact) mass is 344 g/mol. The van der Waals surface area contributed by atoms with E-state index in [0.29, 0.717) is 32.1 Å². The van der Waals surface area contributed by atoms with Crippen LogP contribution in [0.3, 0.4) is 0 Å². The number of nitrogens with two attached hydrogens (primary N) is 1. The van der Waals surface area contributed by atoms with Crippen LogP contribution in [0.15, 0.2) is 30.3 Å². The van der Waals surface area contributed by atoms with Gasteiger partial charge in [0.25, 0.3) is 0 Å². The normalized spacial score (nSPS) is 15.5. The van der Waals surface area contributed by atoms with Crippen molar-refractivity contribution in [2.75, 3.05) is 26.2 Å². The molecule has 25 heavy (non-hydrogen) atoms. The number of ether oxygens (including phenoxy) is 1. The highest BCUT2D eigenvalue weighted by atomic mass is 16.5. The lowest BCUT2D eigenvalue weighted by Gasteiger charge is -2.31. The Labute approximate surface area is 146 Å². The molecule has 0 saturated carbocycles. The zero-order chi connectivity index (χ0) is 17.5. The van der Waals surface area contributed by atoms with Crippen LogP contribution in [0.1, 0.15) is 19.3 Å². The maximum Gasteiger partial charge on any atom is 0.246 e. The molecule has 2 N–H and O–H groups in total. The van der Waals surface area contributed by atoms with Crippen LogP contribution >= 0.6 is 0 Å². The van der Waals surface area contributed by atoms with Crippen LogP contribution in [0.5, 0.6) is 0 Å². The Morgan fingerprint density at radius 2 is 2.00 bits per heavy atom. The SMILES string of the molecule is NCCCOC1CCN(C(=O)Cn2nnc(-c3ccccc3)n2)CC1. The third kappa shape index (κ3) is 4.83. The topological polar surface area (TPSA) is 99.2 Å². The van der Waals surface area contributed by atoms with Crippen LogP contribution in [0, 0.1) is 0 Å². The maximum absolute atomic E-state index is 12.4. The van der Waals surface area contributed by atoms with Gasteiger partial charge in [0.15, 0.2) is 0 Å². The van der Waals surface area contributed by atoms with Gasteiger partial charge in [-0.1, -0.05) is 30.3 Å². The van der Waals surface area contributed by atoms with Gasteiger partial charge in [-0.05, 0) is 31.0 Å². The number of benzene rings is 1. The number of hydrogen-bond donors (Lipinski definition) is 1. The summed E-state index contributed by atoms with van der Waals surface area (Å²) in [7, 11) is 0. The summed E-state index contributed by atoms with van der Waals surface area (Å²) in [6.07, 6.45) is 2.82. The molecule has 0 atom stereocenters. The summed E-state index contributed by atoms with van der Waals surface area (Å²) in [5, 5.41) is 12.3. The lowest BCUT2D eigenvalue weighted by molar-refractivity contribution is -0.134. The van der Waals surface area contributed by atoms with E-state index in [2.05, 4.69) is 15.4 Å². The number of piperidine rings is 1. The molecule has 1 aliphatic rings. The van der Waals surface area contributed by atoms with Crippen LogP contribution in [0.25, 0.3) is 11.4 Å². The van der Waals surface area contributed by atoms with E-state index in [1.165, 1.54) is 4.80 Å². The molecule has 0 bridgehead atoms. The molecule has 2 aromatic rings. The van der Waals surface area contributed by atoms with Crippen LogP contribution in [-0.4, -0.2) is 63.4 Å². The first-order chi connectivity index (χ1) is 12.3. The molecule has 8 heteroatoms. The number of carbonyl (C=O) groups excluding carboxylic acids is 1. The van der Waals surface area contributed by atoms with E-state index in [0.717, 1.165) is 24.8 Å². The van der Waals surface area contributed by atoms with E-state index >= 15 is 0 Å². The van der Waals surface area contributed by atoms with Crippen molar-refractivity contribution in [1.29, 1.82) is 0 Å². The fourth-order valence-corrected chi connectivity index (χ4v) is 2.84. The first-order valence-electron chi connectivity index (χ1n) is 8.69. The molecule has 134 valence electrons.